The van der Waals surface area contributed by atoms with Gasteiger partial charge in [-0.3, -0.25) is 24.0 Å². The smallest absolute Gasteiger partial charge is 0.309 e. The van der Waals surface area contributed by atoms with Crippen LogP contribution in [0.3, 0.4) is 0 Å². The van der Waals surface area contributed by atoms with Crippen LogP contribution in [0.2, 0.25) is 0 Å². The highest BCUT2D eigenvalue weighted by Gasteiger charge is 2.32. The first-order valence-corrected chi connectivity index (χ1v) is 24.7. The molecule has 0 aromatic heterocycles. The van der Waals surface area contributed by atoms with Gasteiger partial charge in [0.1, 0.15) is 55.4 Å². The normalized spacial score (nSPS) is 17.0. The Hall–Kier alpha value is -3.01. The average Bonchev–Trinajstić information content (AvgIpc) is 3.24. The number of carbonyl (C=O) groups is 5. The maximum atomic E-state index is 13.2. The standard InChI is InChI=1S/C48H88O19/c1-6-10-14-18-33(51)22-34(52)25-44(58)65-37(19-15-11-7-2)23-35(53)26-45(59)66-38(20-16-12-8-3)24-36(54)27-46(60)67-39(21-17-13-9-4)28-40(64-32(5)50)29-43(57)63-31-42(56)48(62)47(61)41(55)30-49/h33-42,47-49,51-56,61-62H,6-31H2,1-5H3/t33-,34-,35-,36-,37-,38-,39-,40-,41-,42-,47-,48-/m1/s1. The molecular weight excluding hydrogens is 881 g/mol. The van der Waals surface area contributed by atoms with Gasteiger partial charge in [-0.05, 0) is 51.4 Å². The topological polar surface area (TPSA) is 314 Å². The van der Waals surface area contributed by atoms with Gasteiger partial charge in [0.2, 0.25) is 0 Å². The third kappa shape index (κ3) is 33.2. The van der Waals surface area contributed by atoms with Crippen LogP contribution < -0.4 is 0 Å². The number of hydrogen-bond donors (Lipinski definition) is 9. The van der Waals surface area contributed by atoms with Crippen molar-refractivity contribution in [1.82, 2.24) is 0 Å². The Morgan fingerprint density at radius 2 is 0.776 bits per heavy atom. The van der Waals surface area contributed by atoms with Crippen LogP contribution in [0.1, 0.15) is 189 Å². The number of rotatable bonds is 42. The van der Waals surface area contributed by atoms with Crippen molar-refractivity contribution in [2.45, 2.75) is 262 Å². The maximum Gasteiger partial charge on any atom is 0.309 e. The molecule has 0 aromatic rings. The molecule has 0 aromatic carbocycles. The van der Waals surface area contributed by atoms with Crippen LogP contribution in [0.15, 0.2) is 0 Å². The summed E-state index contributed by atoms with van der Waals surface area (Å²) in [5, 5.41) is 91.1. The zero-order chi connectivity index (χ0) is 50.7. The molecule has 0 aliphatic rings. The molecule has 394 valence electrons. The van der Waals surface area contributed by atoms with E-state index in [0.29, 0.717) is 44.9 Å². The summed E-state index contributed by atoms with van der Waals surface area (Å²) in [5.74, 6) is -3.92. The van der Waals surface area contributed by atoms with Crippen molar-refractivity contribution in [3.05, 3.63) is 0 Å². The fourth-order valence-corrected chi connectivity index (χ4v) is 7.52. The Balaban J connectivity index is 5.60. The van der Waals surface area contributed by atoms with Crippen molar-refractivity contribution in [2.75, 3.05) is 13.2 Å². The Bertz CT molecular complexity index is 1320. The van der Waals surface area contributed by atoms with Crippen LogP contribution in [-0.4, -0.2) is 162 Å². The van der Waals surface area contributed by atoms with Crippen molar-refractivity contribution >= 4 is 29.8 Å². The van der Waals surface area contributed by atoms with E-state index in [1.807, 2.05) is 27.7 Å². The Labute approximate surface area is 397 Å². The number of hydrogen-bond acceptors (Lipinski definition) is 19. The van der Waals surface area contributed by atoms with Crippen LogP contribution in [0.4, 0.5) is 0 Å². The van der Waals surface area contributed by atoms with E-state index in [-0.39, 0.29) is 32.1 Å². The summed E-state index contributed by atoms with van der Waals surface area (Å²) < 4.78 is 27.4. The second-order valence-electron chi connectivity index (χ2n) is 17.9. The third-order valence-corrected chi connectivity index (χ3v) is 11.2. The summed E-state index contributed by atoms with van der Waals surface area (Å²) in [4.78, 5) is 63.9. The highest BCUT2D eigenvalue weighted by atomic mass is 16.6. The molecule has 0 heterocycles. The molecule has 9 N–H and O–H groups in total. The molecule has 19 nitrogen and oxygen atoms in total. The van der Waals surface area contributed by atoms with Gasteiger partial charge in [-0.1, -0.05) is 85.5 Å². The van der Waals surface area contributed by atoms with Crippen molar-refractivity contribution in [3.63, 3.8) is 0 Å². The molecule has 19 heteroatoms. The lowest BCUT2D eigenvalue weighted by Gasteiger charge is -2.26. The first kappa shape index (κ1) is 64.0. The van der Waals surface area contributed by atoms with E-state index in [4.69, 9.17) is 28.8 Å². The van der Waals surface area contributed by atoms with Gasteiger partial charge < -0.3 is 69.6 Å². The van der Waals surface area contributed by atoms with Crippen molar-refractivity contribution in [1.29, 1.82) is 0 Å². The van der Waals surface area contributed by atoms with E-state index < -0.39 is 136 Å². The zero-order valence-corrected chi connectivity index (χ0v) is 40.9. The summed E-state index contributed by atoms with van der Waals surface area (Å²) in [6.07, 6.45) is -6.01. The summed E-state index contributed by atoms with van der Waals surface area (Å²) in [5.41, 5.74) is 0. The number of carbonyl (C=O) groups excluding carboxylic acids is 5. The van der Waals surface area contributed by atoms with Gasteiger partial charge in [0.15, 0.2) is 0 Å². The Morgan fingerprint density at radius 3 is 1.16 bits per heavy atom. The second-order valence-corrected chi connectivity index (χ2v) is 17.9. The highest BCUT2D eigenvalue weighted by Crippen LogP contribution is 2.22. The van der Waals surface area contributed by atoms with Gasteiger partial charge in [-0.15, -0.1) is 0 Å². The molecular formula is C48H88O19. The number of unbranched alkanes of at least 4 members (excludes halogenated alkanes) is 8. The molecule has 0 bridgehead atoms. The lowest BCUT2D eigenvalue weighted by molar-refractivity contribution is -0.163. The van der Waals surface area contributed by atoms with Gasteiger partial charge in [0.25, 0.3) is 0 Å². The maximum absolute atomic E-state index is 13.2. The van der Waals surface area contributed by atoms with Crippen LogP contribution in [-0.2, 0) is 47.7 Å². The van der Waals surface area contributed by atoms with E-state index >= 15 is 0 Å². The zero-order valence-electron chi connectivity index (χ0n) is 40.9. The number of aliphatic hydroxyl groups excluding tert-OH is 9. The number of ether oxygens (including phenoxy) is 5. The van der Waals surface area contributed by atoms with E-state index in [2.05, 4.69) is 0 Å². The SMILES string of the molecule is CCCCC[C@@H](O)C[C@@H](O)CC(=O)O[C@H](CCCCC)C[C@@H](O)CC(=O)O[C@H](CCCCC)C[C@@H](O)CC(=O)O[C@H](CCCCC)C[C@H](CC(=O)OC[C@@H](O)[C@@H](O)[C@H](O)[C@H](O)CO)OC(C)=O. The molecule has 0 unspecified atom stereocenters. The first-order valence-electron chi connectivity index (χ1n) is 24.7. The van der Waals surface area contributed by atoms with Crippen molar-refractivity contribution in [3.8, 4) is 0 Å². The van der Waals surface area contributed by atoms with Crippen LogP contribution in [0.5, 0.6) is 0 Å². The predicted molar refractivity (Wildman–Crippen MR) is 245 cm³/mol. The van der Waals surface area contributed by atoms with Gasteiger partial charge in [0, 0.05) is 26.2 Å². The molecule has 0 spiro atoms. The van der Waals surface area contributed by atoms with E-state index in [0.717, 1.165) is 64.7 Å². The Morgan fingerprint density at radius 1 is 0.403 bits per heavy atom. The third-order valence-electron chi connectivity index (χ3n) is 11.2. The minimum absolute atomic E-state index is 0.0416. The van der Waals surface area contributed by atoms with Crippen LogP contribution in [0, 0.1) is 0 Å². The second kappa shape index (κ2) is 38.8. The van der Waals surface area contributed by atoms with Gasteiger partial charge >= 0.3 is 29.8 Å². The molecule has 0 radical (unpaired) electrons. The van der Waals surface area contributed by atoms with Crippen molar-refractivity contribution < 1.29 is 93.6 Å². The van der Waals surface area contributed by atoms with Gasteiger partial charge in [-0.2, -0.15) is 0 Å². The molecule has 0 fully saturated rings. The fraction of sp³-hybridized carbons (Fsp3) is 0.896. The lowest BCUT2D eigenvalue weighted by atomic mass is 10.0. The molecule has 0 aliphatic heterocycles. The summed E-state index contributed by atoms with van der Waals surface area (Å²) >= 11 is 0. The largest absolute Gasteiger partial charge is 0.463 e. The van der Waals surface area contributed by atoms with Crippen LogP contribution in [0.25, 0.3) is 0 Å². The molecule has 0 saturated heterocycles. The first-order chi connectivity index (χ1) is 31.8. The average molecular weight is 969 g/mol. The lowest BCUT2D eigenvalue weighted by Crippen LogP contribution is -2.47. The summed E-state index contributed by atoms with van der Waals surface area (Å²) in [6.45, 7) is 7.44. The predicted octanol–water partition coefficient (Wildman–Crippen LogP) is 3.52. The van der Waals surface area contributed by atoms with E-state index in [1.54, 1.807) is 0 Å². The van der Waals surface area contributed by atoms with Gasteiger partial charge in [0.05, 0.1) is 56.7 Å². The molecule has 0 saturated carbocycles. The molecule has 67 heavy (non-hydrogen) atoms. The summed E-state index contributed by atoms with van der Waals surface area (Å²) in [6, 6.07) is 0. The van der Waals surface area contributed by atoms with Crippen LogP contribution >= 0.6 is 0 Å². The Kier molecular flexibility index (Phi) is 37.1. The van der Waals surface area contributed by atoms with E-state index in [1.165, 1.54) is 0 Å². The minimum Gasteiger partial charge on any atom is -0.463 e. The van der Waals surface area contributed by atoms with Crippen molar-refractivity contribution in [2.24, 2.45) is 0 Å². The number of aliphatic hydroxyl groups is 9. The monoisotopic (exact) mass is 969 g/mol. The number of esters is 5. The molecule has 0 amide bonds. The summed E-state index contributed by atoms with van der Waals surface area (Å²) in [7, 11) is 0. The molecule has 0 rings (SSSR count). The van der Waals surface area contributed by atoms with Gasteiger partial charge in [-0.25, -0.2) is 0 Å². The fourth-order valence-electron chi connectivity index (χ4n) is 7.52. The quantitative estimate of drug-likeness (QED) is 0.0240. The highest BCUT2D eigenvalue weighted by molar-refractivity contribution is 5.72. The minimum atomic E-state index is -1.97. The van der Waals surface area contributed by atoms with E-state index in [9.17, 15) is 64.8 Å². The molecule has 0 aliphatic carbocycles. The molecule has 12 atom stereocenters.